The van der Waals surface area contributed by atoms with E-state index in [2.05, 4.69) is 10.6 Å². The minimum atomic E-state index is -1.16. The Morgan fingerprint density at radius 1 is 1.14 bits per heavy atom. The van der Waals surface area contributed by atoms with Crippen LogP contribution in [0.5, 0.6) is 0 Å². The molecule has 1 aromatic carbocycles. The second kappa shape index (κ2) is 9.71. The molecule has 1 saturated carbocycles. The number of aryl methyl sites for hydroxylation is 1. The van der Waals surface area contributed by atoms with Crippen LogP contribution >= 0.6 is 11.6 Å². The van der Waals surface area contributed by atoms with Gasteiger partial charge in [-0.25, -0.2) is 0 Å². The van der Waals surface area contributed by atoms with Crippen LogP contribution in [0.1, 0.15) is 50.5 Å². The zero-order valence-corrected chi connectivity index (χ0v) is 21.8. The molecule has 37 heavy (non-hydrogen) atoms. The summed E-state index contributed by atoms with van der Waals surface area (Å²) in [7, 11) is 0. The maximum Gasteiger partial charge on any atom is 0.246 e. The van der Waals surface area contributed by atoms with Gasteiger partial charge in [0, 0.05) is 29.9 Å². The van der Waals surface area contributed by atoms with Crippen LogP contribution in [0.2, 0.25) is 5.02 Å². The van der Waals surface area contributed by atoms with Gasteiger partial charge in [0.05, 0.1) is 24.0 Å². The van der Waals surface area contributed by atoms with E-state index in [9.17, 15) is 14.4 Å². The lowest BCUT2D eigenvalue weighted by atomic mass is 9.74. The predicted octanol–water partition coefficient (Wildman–Crippen LogP) is 3.37. The van der Waals surface area contributed by atoms with Crippen molar-refractivity contribution in [1.29, 1.82) is 0 Å². The molecule has 9 heteroatoms. The second-order valence-corrected chi connectivity index (χ2v) is 11.5. The molecule has 3 amide bonds. The monoisotopic (exact) mass is 527 g/mol. The quantitative estimate of drug-likeness (QED) is 0.553. The highest BCUT2D eigenvalue weighted by atomic mass is 35.5. The number of carbonyl (C=O) groups excluding carboxylic acids is 3. The Labute approximate surface area is 222 Å². The van der Waals surface area contributed by atoms with Crippen LogP contribution in [0.3, 0.4) is 0 Å². The standard InChI is InChI=1S/C28H34ClN3O5/c1-16-9-10-18(14-20(16)29)31-25(33)22-21-11-12-28(37-21)23(22)27(35)32(15-19-8-5-13-36-19)24(28)26(34)30-17-6-3-2-4-7-17/h9-12,14,17,19,21-24H,2-8,13,15H2,1H3,(H,30,34)(H,31,33)/t19?,21-,22?,23-,24?,28?/m1/s1. The molecule has 4 unspecified atom stereocenters. The summed E-state index contributed by atoms with van der Waals surface area (Å²) < 4.78 is 12.3. The number of anilines is 1. The lowest BCUT2D eigenvalue weighted by Crippen LogP contribution is -2.57. The Kier molecular flexibility index (Phi) is 6.53. The summed E-state index contributed by atoms with van der Waals surface area (Å²) in [6.45, 7) is 2.87. The molecule has 2 N–H and O–H groups in total. The van der Waals surface area contributed by atoms with E-state index in [1.54, 1.807) is 17.0 Å². The zero-order chi connectivity index (χ0) is 25.7. The number of amides is 3. The van der Waals surface area contributed by atoms with Crippen molar-refractivity contribution >= 4 is 35.0 Å². The van der Waals surface area contributed by atoms with Crippen molar-refractivity contribution in [1.82, 2.24) is 10.2 Å². The van der Waals surface area contributed by atoms with E-state index in [1.807, 2.05) is 25.1 Å². The molecule has 3 saturated heterocycles. The number of carbonyl (C=O) groups is 3. The highest BCUT2D eigenvalue weighted by Gasteiger charge is 2.73. The van der Waals surface area contributed by atoms with E-state index in [-0.39, 0.29) is 29.9 Å². The Morgan fingerprint density at radius 3 is 2.68 bits per heavy atom. The maximum absolute atomic E-state index is 14.0. The van der Waals surface area contributed by atoms with Crippen molar-refractivity contribution in [3.05, 3.63) is 40.9 Å². The molecule has 198 valence electrons. The fourth-order valence-electron chi connectivity index (χ4n) is 6.89. The van der Waals surface area contributed by atoms with Gasteiger partial charge in [0.1, 0.15) is 11.6 Å². The van der Waals surface area contributed by atoms with Gasteiger partial charge in [-0.1, -0.05) is 49.1 Å². The number of benzene rings is 1. The van der Waals surface area contributed by atoms with Gasteiger partial charge in [-0.3, -0.25) is 14.4 Å². The molecule has 1 aliphatic carbocycles. The molecule has 4 aliphatic heterocycles. The van der Waals surface area contributed by atoms with Crippen LogP contribution in [0.15, 0.2) is 30.4 Å². The Morgan fingerprint density at radius 2 is 1.95 bits per heavy atom. The van der Waals surface area contributed by atoms with Gasteiger partial charge in [-0.05, 0) is 50.3 Å². The van der Waals surface area contributed by atoms with Crippen molar-refractivity contribution in [3.63, 3.8) is 0 Å². The van der Waals surface area contributed by atoms with Crippen molar-refractivity contribution in [3.8, 4) is 0 Å². The first kappa shape index (κ1) is 24.9. The average Bonchev–Trinajstić information content (AvgIpc) is 3.65. The summed E-state index contributed by atoms with van der Waals surface area (Å²) in [6, 6.07) is 4.61. The van der Waals surface area contributed by atoms with Gasteiger partial charge in [-0.15, -0.1) is 0 Å². The van der Waals surface area contributed by atoms with Gasteiger partial charge in [0.15, 0.2) is 0 Å². The van der Waals surface area contributed by atoms with Crippen molar-refractivity contribution in [2.75, 3.05) is 18.5 Å². The SMILES string of the molecule is Cc1ccc(NC(=O)C2[C@H]3C=CC4(O3)C(C(=O)NC3CCCCC3)N(CC3CCCO3)C(=O)[C@@H]24)cc1Cl. The predicted molar refractivity (Wildman–Crippen MR) is 138 cm³/mol. The summed E-state index contributed by atoms with van der Waals surface area (Å²) in [5.74, 6) is -2.23. The van der Waals surface area contributed by atoms with Crippen molar-refractivity contribution in [2.24, 2.45) is 11.8 Å². The van der Waals surface area contributed by atoms with Gasteiger partial charge >= 0.3 is 0 Å². The first-order valence-corrected chi connectivity index (χ1v) is 13.9. The second-order valence-electron chi connectivity index (χ2n) is 11.1. The molecule has 1 aromatic rings. The van der Waals surface area contributed by atoms with Gasteiger partial charge in [-0.2, -0.15) is 0 Å². The number of rotatable bonds is 6. The zero-order valence-electron chi connectivity index (χ0n) is 21.1. The normalized spacial score (nSPS) is 34.7. The third-order valence-electron chi connectivity index (χ3n) is 8.74. The van der Waals surface area contributed by atoms with Crippen LogP contribution in [0.25, 0.3) is 0 Å². The maximum atomic E-state index is 14.0. The smallest absolute Gasteiger partial charge is 0.246 e. The topological polar surface area (TPSA) is 97.0 Å². The molecule has 8 nitrogen and oxygen atoms in total. The summed E-state index contributed by atoms with van der Waals surface area (Å²) in [6.07, 6.45) is 10.0. The van der Waals surface area contributed by atoms with E-state index >= 15 is 0 Å². The molecule has 2 bridgehead atoms. The van der Waals surface area contributed by atoms with E-state index in [0.29, 0.717) is 23.9 Å². The fraction of sp³-hybridized carbons (Fsp3) is 0.607. The first-order valence-electron chi connectivity index (χ1n) is 13.5. The number of nitrogens with one attached hydrogen (secondary N) is 2. The van der Waals surface area contributed by atoms with Gasteiger partial charge in [0.2, 0.25) is 17.7 Å². The van der Waals surface area contributed by atoms with Crippen LogP contribution in [-0.2, 0) is 23.9 Å². The molecule has 5 aliphatic rings. The van der Waals surface area contributed by atoms with Crippen LogP contribution < -0.4 is 10.6 Å². The summed E-state index contributed by atoms with van der Waals surface area (Å²) in [5.41, 5.74) is 0.313. The average molecular weight is 528 g/mol. The number of likely N-dealkylation sites (tertiary alicyclic amines) is 1. The number of halogens is 1. The number of ether oxygens (including phenoxy) is 2. The van der Waals surface area contributed by atoms with Gasteiger partial charge in [0.25, 0.3) is 0 Å². The van der Waals surface area contributed by atoms with E-state index in [1.165, 1.54) is 6.42 Å². The summed E-state index contributed by atoms with van der Waals surface area (Å²) in [4.78, 5) is 43.0. The lowest BCUT2D eigenvalue weighted by Gasteiger charge is -2.34. The first-order chi connectivity index (χ1) is 17.9. The minimum absolute atomic E-state index is 0.101. The van der Waals surface area contributed by atoms with E-state index < -0.39 is 29.6 Å². The largest absolute Gasteiger partial charge is 0.376 e. The highest BCUT2D eigenvalue weighted by molar-refractivity contribution is 6.31. The van der Waals surface area contributed by atoms with Crippen LogP contribution in [0.4, 0.5) is 5.69 Å². The highest BCUT2D eigenvalue weighted by Crippen LogP contribution is 2.55. The lowest BCUT2D eigenvalue weighted by molar-refractivity contribution is -0.143. The summed E-state index contributed by atoms with van der Waals surface area (Å²) >= 11 is 6.26. The third-order valence-corrected chi connectivity index (χ3v) is 9.15. The number of hydrogen-bond donors (Lipinski definition) is 2. The Hall–Kier alpha value is -2.42. The molecular weight excluding hydrogens is 494 g/mol. The van der Waals surface area contributed by atoms with Crippen molar-refractivity contribution in [2.45, 2.75) is 81.8 Å². The molecule has 0 aromatic heterocycles. The molecule has 6 rings (SSSR count). The number of hydrogen-bond acceptors (Lipinski definition) is 5. The molecule has 1 spiro atoms. The molecular formula is C28H34ClN3O5. The van der Waals surface area contributed by atoms with Gasteiger partial charge < -0.3 is 25.0 Å². The number of fused-ring (bicyclic) bond motifs is 1. The van der Waals surface area contributed by atoms with E-state index in [0.717, 1.165) is 44.1 Å². The number of nitrogens with zero attached hydrogens (tertiary/aromatic N) is 1. The molecule has 6 atom stereocenters. The minimum Gasteiger partial charge on any atom is -0.376 e. The molecule has 4 fully saturated rings. The Bertz CT molecular complexity index is 1130. The van der Waals surface area contributed by atoms with Crippen molar-refractivity contribution < 1.29 is 23.9 Å². The van der Waals surface area contributed by atoms with Crippen LogP contribution in [-0.4, -0.2) is 65.7 Å². The van der Waals surface area contributed by atoms with Crippen LogP contribution in [0, 0.1) is 18.8 Å². The fourth-order valence-corrected chi connectivity index (χ4v) is 7.08. The summed E-state index contributed by atoms with van der Waals surface area (Å²) in [5, 5.41) is 6.70. The van der Waals surface area contributed by atoms with E-state index in [4.69, 9.17) is 21.1 Å². The Balaban J connectivity index is 1.29. The molecule has 0 radical (unpaired) electrons. The third kappa shape index (κ3) is 4.27. The molecule has 4 heterocycles.